The molecular weight excluding hydrogens is 375 g/mol. The second kappa shape index (κ2) is 13.9. The SMILES string of the molecule is COCCOCCN1C=CN(CCOCCOC)C1.I. The van der Waals surface area contributed by atoms with Crippen LogP contribution in [0.3, 0.4) is 0 Å². The molecule has 0 aromatic heterocycles. The molecule has 0 radical (unpaired) electrons. The summed E-state index contributed by atoms with van der Waals surface area (Å²) in [4.78, 5) is 4.45. The van der Waals surface area contributed by atoms with E-state index < -0.39 is 0 Å². The molecule has 1 aliphatic heterocycles. The first kappa shape index (κ1) is 19.9. The number of ether oxygens (including phenoxy) is 4. The third kappa shape index (κ3) is 9.76. The van der Waals surface area contributed by atoms with E-state index in [1.807, 2.05) is 0 Å². The molecule has 7 heteroatoms. The monoisotopic (exact) mass is 402 g/mol. The summed E-state index contributed by atoms with van der Waals surface area (Å²) in [6, 6.07) is 0. The second-order valence-electron chi connectivity index (χ2n) is 4.27. The first-order valence-corrected chi connectivity index (χ1v) is 6.66. The molecular formula is C13H27IN2O4. The Kier molecular flexibility index (Phi) is 13.8. The molecule has 0 spiro atoms. The van der Waals surface area contributed by atoms with Crippen molar-refractivity contribution in [3.8, 4) is 0 Å². The molecule has 0 fully saturated rings. The maximum atomic E-state index is 5.44. The van der Waals surface area contributed by atoms with E-state index >= 15 is 0 Å². The summed E-state index contributed by atoms with van der Waals surface area (Å²) in [5.41, 5.74) is 0. The predicted octanol–water partition coefficient (Wildman–Crippen LogP) is 0.977. The van der Waals surface area contributed by atoms with Gasteiger partial charge in [0.25, 0.3) is 0 Å². The van der Waals surface area contributed by atoms with Crippen molar-refractivity contribution >= 4 is 24.0 Å². The molecule has 0 aliphatic carbocycles. The van der Waals surface area contributed by atoms with E-state index in [-0.39, 0.29) is 24.0 Å². The zero-order valence-corrected chi connectivity index (χ0v) is 14.8. The van der Waals surface area contributed by atoms with Gasteiger partial charge in [0.15, 0.2) is 0 Å². The molecule has 0 N–H and O–H groups in total. The third-order valence-corrected chi connectivity index (χ3v) is 2.76. The quantitative estimate of drug-likeness (QED) is 0.358. The van der Waals surface area contributed by atoms with Crippen molar-refractivity contribution in [3.63, 3.8) is 0 Å². The second-order valence-corrected chi connectivity index (χ2v) is 4.27. The van der Waals surface area contributed by atoms with Gasteiger partial charge in [-0.1, -0.05) is 0 Å². The number of rotatable bonds is 12. The molecule has 0 amide bonds. The van der Waals surface area contributed by atoms with Gasteiger partial charge < -0.3 is 28.7 Å². The van der Waals surface area contributed by atoms with Crippen LogP contribution in [0.5, 0.6) is 0 Å². The van der Waals surface area contributed by atoms with E-state index in [2.05, 4.69) is 22.2 Å². The smallest absolute Gasteiger partial charge is 0.0895 e. The Morgan fingerprint density at radius 1 is 0.750 bits per heavy atom. The van der Waals surface area contributed by atoms with Crippen LogP contribution in [-0.4, -0.2) is 83.4 Å². The summed E-state index contributed by atoms with van der Waals surface area (Å²) in [7, 11) is 3.36. The summed E-state index contributed by atoms with van der Waals surface area (Å²) >= 11 is 0. The first-order valence-electron chi connectivity index (χ1n) is 6.66. The summed E-state index contributed by atoms with van der Waals surface area (Å²) in [6.45, 7) is 6.79. The van der Waals surface area contributed by atoms with Gasteiger partial charge in [-0.25, -0.2) is 0 Å². The summed E-state index contributed by atoms with van der Waals surface area (Å²) < 4.78 is 20.7. The normalized spacial score (nSPS) is 13.9. The van der Waals surface area contributed by atoms with E-state index in [9.17, 15) is 0 Å². The molecule has 1 aliphatic rings. The lowest BCUT2D eigenvalue weighted by molar-refractivity contribution is 0.0528. The molecule has 0 saturated carbocycles. The van der Waals surface area contributed by atoms with Crippen molar-refractivity contribution in [2.24, 2.45) is 0 Å². The summed E-state index contributed by atoms with van der Waals surface area (Å²) in [5.74, 6) is 0. The minimum atomic E-state index is 0. The fourth-order valence-electron chi connectivity index (χ4n) is 1.66. The van der Waals surface area contributed by atoms with Gasteiger partial charge in [0.1, 0.15) is 0 Å². The first-order chi connectivity index (χ1) is 9.36. The highest BCUT2D eigenvalue weighted by atomic mass is 127. The van der Waals surface area contributed by atoms with Gasteiger partial charge in [-0.15, -0.1) is 24.0 Å². The Bertz CT molecular complexity index is 222. The molecule has 20 heavy (non-hydrogen) atoms. The molecule has 0 atom stereocenters. The molecule has 0 bridgehead atoms. The zero-order chi connectivity index (χ0) is 13.8. The molecule has 1 rings (SSSR count). The minimum absolute atomic E-state index is 0. The number of nitrogens with zero attached hydrogens (tertiary/aromatic N) is 2. The van der Waals surface area contributed by atoms with Crippen LogP contribution in [0.1, 0.15) is 0 Å². The molecule has 0 saturated heterocycles. The van der Waals surface area contributed by atoms with Crippen molar-refractivity contribution < 1.29 is 18.9 Å². The third-order valence-electron chi connectivity index (χ3n) is 2.76. The van der Waals surface area contributed by atoms with Crippen LogP contribution in [0.25, 0.3) is 0 Å². The van der Waals surface area contributed by atoms with Crippen LogP contribution < -0.4 is 0 Å². The van der Waals surface area contributed by atoms with Gasteiger partial charge in [-0.2, -0.15) is 0 Å². The Balaban J connectivity index is 0.00000361. The lowest BCUT2D eigenvalue weighted by Gasteiger charge is -2.21. The number of halogens is 1. The fourth-order valence-corrected chi connectivity index (χ4v) is 1.66. The molecule has 0 aromatic rings. The van der Waals surface area contributed by atoms with Crippen LogP contribution in [0, 0.1) is 0 Å². The predicted molar refractivity (Wildman–Crippen MR) is 88.2 cm³/mol. The van der Waals surface area contributed by atoms with Gasteiger partial charge in [0.2, 0.25) is 0 Å². The van der Waals surface area contributed by atoms with Gasteiger partial charge in [0.05, 0.1) is 46.3 Å². The van der Waals surface area contributed by atoms with Crippen molar-refractivity contribution in [2.75, 3.05) is 73.6 Å². The van der Waals surface area contributed by atoms with Crippen molar-refractivity contribution in [1.29, 1.82) is 0 Å². The van der Waals surface area contributed by atoms with Gasteiger partial charge >= 0.3 is 0 Å². The van der Waals surface area contributed by atoms with Crippen molar-refractivity contribution in [3.05, 3.63) is 12.4 Å². The molecule has 120 valence electrons. The Hall–Kier alpha value is -0.0900. The van der Waals surface area contributed by atoms with Crippen molar-refractivity contribution in [2.45, 2.75) is 0 Å². The van der Waals surface area contributed by atoms with Crippen LogP contribution in [-0.2, 0) is 18.9 Å². The molecule has 0 unspecified atom stereocenters. The number of hydrogen-bond donors (Lipinski definition) is 0. The standard InChI is InChI=1S/C13H26N2O4.HI/c1-16-9-11-18-7-5-14-3-4-15(13-14)6-8-19-12-10-17-2;/h3-4H,5-13H2,1-2H3;1H. The average Bonchev–Trinajstić information content (AvgIpc) is 2.86. The van der Waals surface area contributed by atoms with E-state index in [0.29, 0.717) is 26.4 Å². The van der Waals surface area contributed by atoms with E-state index in [1.54, 1.807) is 14.2 Å². The van der Waals surface area contributed by atoms with Crippen LogP contribution >= 0.6 is 24.0 Å². The highest BCUT2D eigenvalue weighted by molar-refractivity contribution is 14.0. The van der Waals surface area contributed by atoms with Crippen LogP contribution in [0.4, 0.5) is 0 Å². The van der Waals surface area contributed by atoms with Crippen molar-refractivity contribution in [1.82, 2.24) is 9.80 Å². The van der Waals surface area contributed by atoms with E-state index in [0.717, 1.165) is 33.0 Å². The van der Waals surface area contributed by atoms with Gasteiger partial charge in [-0.05, 0) is 0 Å². The highest BCUT2D eigenvalue weighted by Gasteiger charge is 2.11. The topological polar surface area (TPSA) is 43.4 Å². The van der Waals surface area contributed by atoms with E-state index in [4.69, 9.17) is 18.9 Å². The lowest BCUT2D eigenvalue weighted by atomic mass is 10.6. The van der Waals surface area contributed by atoms with E-state index in [1.165, 1.54) is 0 Å². The van der Waals surface area contributed by atoms with Crippen LogP contribution in [0.2, 0.25) is 0 Å². The molecule has 0 aromatic carbocycles. The molecule has 6 nitrogen and oxygen atoms in total. The highest BCUT2D eigenvalue weighted by Crippen LogP contribution is 2.05. The number of methoxy groups -OCH3 is 2. The lowest BCUT2D eigenvalue weighted by Crippen LogP contribution is -2.30. The fraction of sp³-hybridized carbons (Fsp3) is 0.846. The summed E-state index contributed by atoms with van der Waals surface area (Å²) in [5, 5.41) is 0. The Morgan fingerprint density at radius 2 is 1.20 bits per heavy atom. The van der Waals surface area contributed by atoms with Gasteiger partial charge in [0, 0.05) is 39.7 Å². The average molecular weight is 402 g/mol. The van der Waals surface area contributed by atoms with Gasteiger partial charge in [-0.3, -0.25) is 0 Å². The largest absolute Gasteiger partial charge is 0.382 e. The summed E-state index contributed by atoms with van der Waals surface area (Å²) in [6.07, 6.45) is 4.18. The maximum absolute atomic E-state index is 5.44. The number of hydrogen-bond acceptors (Lipinski definition) is 6. The van der Waals surface area contributed by atoms with Crippen LogP contribution in [0.15, 0.2) is 12.4 Å². The Morgan fingerprint density at radius 3 is 1.60 bits per heavy atom. The molecule has 1 heterocycles. The zero-order valence-electron chi connectivity index (χ0n) is 12.5. The minimum Gasteiger partial charge on any atom is -0.382 e. The Labute approximate surface area is 139 Å². The maximum Gasteiger partial charge on any atom is 0.0895 e.